The van der Waals surface area contributed by atoms with Crippen LogP contribution in [0.3, 0.4) is 0 Å². The highest BCUT2D eigenvalue weighted by atomic mass is 32.1. The summed E-state index contributed by atoms with van der Waals surface area (Å²) in [5.74, 6) is -0.944. The van der Waals surface area contributed by atoms with Crippen molar-refractivity contribution in [1.29, 1.82) is 0 Å². The van der Waals surface area contributed by atoms with Gasteiger partial charge in [0.05, 0.1) is 0 Å². The molecule has 0 aliphatic carbocycles. The van der Waals surface area contributed by atoms with Crippen molar-refractivity contribution < 1.29 is 14.4 Å². The highest BCUT2D eigenvalue weighted by Gasteiger charge is 2.32. The maximum atomic E-state index is 14.0. The van der Waals surface area contributed by atoms with Crippen LogP contribution in [0.4, 0.5) is 0 Å². The second kappa shape index (κ2) is 13.2. The van der Waals surface area contributed by atoms with E-state index in [2.05, 4.69) is 10.6 Å². The maximum absolute atomic E-state index is 14.0. The van der Waals surface area contributed by atoms with E-state index in [0.717, 1.165) is 26.8 Å². The molecule has 0 bridgehead atoms. The Kier molecular flexibility index (Phi) is 9.46. The molecule has 0 spiro atoms. The molecule has 8 heteroatoms. The lowest BCUT2D eigenvalue weighted by molar-refractivity contribution is -0.140. The van der Waals surface area contributed by atoms with Crippen LogP contribution >= 0.6 is 11.3 Å². The Balaban J connectivity index is 1.63. The smallest absolute Gasteiger partial charge is 0.251 e. The van der Waals surface area contributed by atoms with E-state index >= 15 is 0 Å². The number of thiophene rings is 1. The lowest BCUT2D eigenvalue weighted by Gasteiger charge is -2.30. The van der Waals surface area contributed by atoms with Crippen LogP contribution in [0.15, 0.2) is 84.2 Å². The fourth-order valence-corrected chi connectivity index (χ4v) is 5.41. The molecule has 2 unspecified atom stereocenters. The van der Waals surface area contributed by atoms with Crippen molar-refractivity contribution in [2.24, 2.45) is 5.73 Å². The topological polar surface area (TPSA) is 105 Å². The van der Waals surface area contributed by atoms with Gasteiger partial charge in [0.25, 0.3) is 5.91 Å². The van der Waals surface area contributed by atoms with Gasteiger partial charge in [0.2, 0.25) is 11.8 Å². The molecule has 3 amide bonds. The highest BCUT2D eigenvalue weighted by Crippen LogP contribution is 2.19. The molecule has 3 aromatic carbocycles. The molecule has 1 heterocycles. The van der Waals surface area contributed by atoms with E-state index in [0.29, 0.717) is 24.9 Å². The standard InChI is InChI=1S/C31H34N4O3S/c1-33-30(37)28(20-26-11-6-16-39-26)35(2)31(38)27(19-22-12-13-23-8-3-4-9-24(23)18-22)34-29(36)25-10-5-7-21(17-25)14-15-32/h3-13,16-18,27-28H,14-15,19-20,32H2,1-2H3,(H,33,37)(H,34,36). The number of amides is 3. The average molecular weight is 543 g/mol. The molecule has 4 aromatic rings. The summed E-state index contributed by atoms with van der Waals surface area (Å²) in [6.45, 7) is 0.476. The van der Waals surface area contributed by atoms with Crippen molar-refractivity contribution in [3.8, 4) is 0 Å². The van der Waals surface area contributed by atoms with Crippen LogP contribution in [0.25, 0.3) is 10.8 Å². The zero-order valence-electron chi connectivity index (χ0n) is 22.2. The highest BCUT2D eigenvalue weighted by molar-refractivity contribution is 7.09. The Bertz CT molecular complexity index is 1440. The molecule has 39 heavy (non-hydrogen) atoms. The molecule has 4 N–H and O–H groups in total. The van der Waals surface area contributed by atoms with Gasteiger partial charge in [-0.15, -0.1) is 11.3 Å². The lowest BCUT2D eigenvalue weighted by Crippen LogP contribution is -2.55. The van der Waals surface area contributed by atoms with E-state index in [4.69, 9.17) is 5.73 Å². The number of likely N-dealkylation sites (N-methyl/N-ethyl adjacent to an activating group) is 2. The minimum Gasteiger partial charge on any atom is -0.357 e. The van der Waals surface area contributed by atoms with Gasteiger partial charge >= 0.3 is 0 Å². The van der Waals surface area contributed by atoms with Crippen molar-refractivity contribution in [1.82, 2.24) is 15.5 Å². The van der Waals surface area contributed by atoms with E-state index in [9.17, 15) is 14.4 Å². The number of nitrogens with one attached hydrogen (secondary N) is 2. The number of hydrogen-bond donors (Lipinski definition) is 3. The third-order valence-electron chi connectivity index (χ3n) is 6.82. The van der Waals surface area contributed by atoms with E-state index in [1.807, 2.05) is 72.1 Å². The van der Waals surface area contributed by atoms with Crippen LogP contribution < -0.4 is 16.4 Å². The summed E-state index contributed by atoms with van der Waals surface area (Å²) in [5, 5.41) is 9.73. The first kappa shape index (κ1) is 28.0. The number of fused-ring (bicyclic) bond motifs is 1. The van der Waals surface area contributed by atoms with Gasteiger partial charge in [0.15, 0.2) is 0 Å². The van der Waals surface area contributed by atoms with Crippen molar-refractivity contribution in [2.75, 3.05) is 20.6 Å². The van der Waals surface area contributed by atoms with Gasteiger partial charge < -0.3 is 21.3 Å². The van der Waals surface area contributed by atoms with E-state index in [1.54, 1.807) is 26.2 Å². The Morgan fingerprint density at radius 3 is 2.41 bits per heavy atom. The number of carbonyl (C=O) groups is 3. The summed E-state index contributed by atoms with van der Waals surface area (Å²) in [4.78, 5) is 42.6. The SMILES string of the molecule is CNC(=O)C(Cc1cccs1)N(C)C(=O)C(Cc1ccc2ccccc2c1)NC(=O)c1cccc(CCN)c1. The minimum atomic E-state index is -0.877. The molecule has 202 valence electrons. The first-order valence-electron chi connectivity index (χ1n) is 13.0. The first-order valence-corrected chi connectivity index (χ1v) is 13.9. The second-order valence-electron chi connectivity index (χ2n) is 9.51. The number of benzene rings is 3. The quantitative estimate of drug-likeness (QED) is 0.270. The van der Waals surface area contributed by atoms with Gasteiger partial charge in [-0.05, 0) is 58.4 Å². The molecule has 1 aromatic heterocycles. The molecule has 0 aliphatic heterocycles. The summed E-state index contributed by atoms with van der Waals surface area (Å²) in [7, 11) is 3.18. The summed E-state index contributed by atoms with van der Waals surface area (Å²) in [6, 6.07) is 23.6. The third kappa shape index (κ3) is 7.10. The summed E-state index contributed by atoms with van der Waals surface area (Å²) in [6.07, 6.45) is 1.32. The van der Waals surface area contributed by atoms with Crippen LogP contribution in [0.1, 0.15) is 26.4 Å². The average Bonchev–Trinajstić information content (AvgIpc) is 3.48. The summed E-state index contributed by atoms with van der Waals surface area (Å²) in [5.41, 5.74) is 8.02. The van der Waals surface area contributed by atoms with Gasteiger partial charge in [0.1, 0.15) is 12.1 Å². The predicted octanol–water partition coefficient (Wildman–Crippen LogP) is 3.56. The van der Waals surface area contributed by atoms with Crippen molar-refractivity contribution in [2.45, 2.75) is 31.3 Å². The van der Waals surface area contributed by atoms with Crippen LogP contribution in [0.5, 0.6) is 0 Å². The molecule has 0 fully saturated rings. The number of carbonyl (C=O) groups excluding carboxylic acids is 3. The van der Waals surface area contributed by atoms with E-state index < -0.39 is 12.1 Å². The summed E-state index contributed by atoms with van der Waals surface area (Å²) >= 11 is 1.54. The Morgan fingerprint density at radius 1 is 0.897 bits per heavy atom. The zero-order chi connectivity index (χ0) is 27.8. The Morgan fingerprint density at radius 2 is 1.69 bits per heavy atom. The molecule has 0 saturated carbocycles. The molecule has 4 rings (SSSR count). The number of rotatable bonds is 11. The van der Waals surface area contributed by atoms with Crippen molar-refractivity contribution in [3.63, 3.8) is 0 Å². The normalized spacial score (nSPS) is 12.5. The number of nitrogens with zero attached hydrogens (tertiary/aromatic N) is 1. The first-order chi connectivity index (χ1) is 18.9. The van der Waals surface area contributed by atoms with Gasteiger partial charge in [0, 0.05) is 37.4 Å². The molecule has 0 aliphatic rings. The molecule has 2 atom stereocenters. The van der Waals surface area contributed by atoms with E-state index in [1.165, 1.54) is 16.2 Å². The van der Waals surface area contributed by atoms with Crippen LogP contribution in [0.2, 0.25) is 0 Å². The van der Waals surface area contributed by atoms with Crippen molar-refractivity contribution >= 4 is 39.8 Å². The fourth-order valence-electron chi connectivity index (χ4n) is 4.67. The van der Waals surface area contributed by atoms with Crippen LogP contribution in [0, 0.1) is 0 Å². The Labute approximate surface area is 233 Å². The van der Waals surface area contributed by atoms with Crippen molar-refractivity contribution in [3.05, 3.63) is 106 Å². The molecule has 0 saturated heterocycles. The van der Waals surface area contributed by atoms with Crippen LogP contribution in [-0.2, 0) is 28.9 Å². The predicted molar refractivity (Wildman–Crippen MR) is 157 cm³/mol. The molecular weight excluding hydrogens is 508 g/mol. The molecular formula is C31H34N4O3S. The fraction of sp³-hybridized carbons (Fsp3) is 0.258. The maximum Gasteiger partial charge on any atom is 0.251 e. The molecule has 7 nitrogen and oxygen atoms in total. The van der Waals surface area contributed by atoms with Gasteiger partial charge in [-0.2, -0.15) is 0 Å². The van der Waals surface area contributed by atoms with Gasteiger partial charge in [-0.25, -0.2) is 0 Å². The minimum absolute atomic E-state index is 0.260. The number of nitrogens with two attached hydrogens (primary N) is 1. The van der Waals surface area contributed by atoms with E-state index in [-0.39, 0.29) is 24.1 Å². The third-order valence-corrected chi connectivity index (χ3v) is 7.72. The second-order valence-corrected chi connectivity index (χ2v) is 10.5. The Hall–Kier alpha value is -4.01. The summed E-state index contributed by atoms with van der Waals surface area (Å²) < 4.78 is 0. The largest absolute Gasteiger partial charge is 0.357 e. The number of hydrogen-bond acceptors (Lipinski definition) is 5. The van der Waals surface area contributed by atoms with Crippen LogP contribution in [-0.4, -0.2) is 55.3 Å². The monoisotopic (exact) mass is 542 g/mol. The lowest BCUT2D eigenvalue weighted by atomic mass is 9.99. The van der Waals surface area contributed by atoms with Gasteiger partial charge in [-0.1, -0.05) is 60.7 Å². The van der Waals surface area contributed by atoms with Gasteiger partial charge in [-0.3, -0.25) is 14.4 Å². The molecule has 0 radical (unpaired) electrons. The zero-order valence-corrected chi connectivity index (χ0v) is 23.0.